The van der Waals surface area contributed by atoms with Gasteiger partial charge in [-0.2, -0.15) is 4.80 Å². The number of amides is 1. The molecular formula is C25H32N4O2. The molecule has 6 heteroatoms. The normalized spacial score (nSPS) is 13.7. The number of nitrogens with one attached hydrogen (secondary N) is 1. The second kappa shape index (κ2) is 9.43. The van der Waals surface area contributed by atoms with Gasteiger partial charge in [0.1, 0.15) is 11.0 Å². The lowest BCUT2D eigenvalue weighted by molar-refractivity contribution is -0.117. The summed E-state index contributed by atoms with van der Waals surface area (Å²) in [6.07, 6.45) is 0.983. The second-order valence-corrected chi connectivity index (χ2v) is 8.94. The summed E-state index contributed by atoms with van der Waals surface area (Å²) in [6.45, 7) is 12.1. The third kappa shape index (κ3) is 5.39. The zero-order chi connectivity index (χ0) is 22.6. The first kappa shape index (κ1) is 22.7. The largest absolute Gasteiger partial charge is 0.392 e. The standard InChI is InChI=1S/C25H32N4O2/c1-17(2)24(31)26-16-18(3)10-15-23(30)25(4,5)19-11-13-20(14-12-19)29-27-21-8-6-7-9-22(21)28-29/h6-9,11-14,18,23,30H,1,10,15-16H2,2-5H3,(H,26,31). The highest BCUT2D eigenvalue weighted by molar-refractivity contribution is 5.92. The SMILES string of the molecule is C=C(C)C(=O)NCC(C)CCC(O)C(C)(C)c1ccc(-n2nc3ccccc3n2)cc1. The molecule has 1 heterocycles. The molecule has 1 aromatic heterocycles. The summed E-state index contributed by atoms with van der Waals surface area (Å²) in [5.74, 6) is 0.156. The Kier molecular flexibility index (Phi) is 6.91. The number of hydrogen-bond acceptors (Lipinski definition) is 4. The molecule has 2 atom stereocenters. The van der Waals surface area contributed by atoms with E-state index < -0.39 is 11.5 Å². The summed E-state index contributed by atoms with van der Waals surface area (Å²) in [5, 5.41) is 22.8. The molecule has 164 valence electrons. The third-order valence-corrected chi connectivity index (χ3v) is 5.89. The van der Waals surface area contributed by atoms with Crippen LogP contribution in [0.15, 0.2) is 60.7 Å². The van der Waals surface area contributed by atoms with E-state index in [4.69, 9.17) is 0 Å². The fourth-order valence-corrected chi connectivity index (χ4v) is 3.52. The van der Waals surface area contributed by atoms with Crippen LogP contribution in [0.2, 0.25) is 0 Å². The van der Waals surface area contributed by atoms with Crippen molar-refractivity contribution in [1.82, 2.24) is 20.3 Å². The molecule has 0 saturated carbocycles. The van der Waals surface area contributed by atoms with Crippen LogP contribution >= 0.6 is 0 Å². The van der Waals surface area contributed by atoms with Crippen LogP contribution in [-0.4, -0.2) is 38.7 Å². The highest BCUT2D eigenvalue weighted by atomic mass is 16.3. The third-order valence-electron chi connectivity index (χ3n) is 5.89. The Morgan fingerprint density at radius 3 is 2.23 bits per heavy atom. The first-order chi connectivity index (χ1) is 14.7. The number of hydrogen-bond donors (Lipinski definition) is 2. The minimum Gasteiger partial charge on any atom is -0.392 e. The van der Waals surface area contributed by atoms with Crippen LogP contribution in [0.25, 0.3) is 16.7 Å². The lowest BCUT2D eigenvalue weighted by atomic mass is 9.77. The van der Waals surface area contributed by atoms with Crippen molar-refractivity contribution >= 4 is 16.9 Å². The van der Waals surface area contributed by atoms with E-state index in [0.717, 1.165) is 28.7 Å². The lowest BCUT2D eigenvalue weighted by Gasteiger charge is -2.32. The van der Waals surface area contributed by atoms with Gasteiger partial charge in [-0.1, -0.05) is 51.6 Å². The molecule has 0 aliphatic heterocycles. The van der Waals surface area contributed by atoms with Crippen molar-refractivity contribution < 1.29 is 9.90 Å². The number of benzene rings is 2. The molecule has 31 heavy (non-hydrogen) atoms. The van der Waals surface area contributed by atoms with Crippen LogP contribution in [-0.2, 0) is 10.2 Å². The van der Waals surface area contributed by atoms with E-state index in [0.29, 0.717) is 18.5 Å². The Hall–Kier alpha value is -2.99. The van der Waals surface area contributed by atoms with Crippen LogP contribution in [0, 0.1) is 5.92 Å². The smallest absolute Gasteiger partial charge is 0.246 e. The maximum atomic E-state index is 11.6. The van der Waals surface area contributed by atoms with Crippen molar-refractivity contribution in [2.24, 2.45) is 5.92 Å². The van der Waals surface area contributed by atoms with Crippen LogP contribution in [0.4, 0.5) is 0 Å². The van der Waals surface area contributed by atoms with E-state index in [2.05, 4.69) is 42.9 Å². The van der Waals surface area contributed by atoms with E-state index >= 15 is 0 Å². The monoisotopic (exact) mass is 420 g/mol. The molecule has 0 aliphatic carbocycles. The Morgan fingerprint density at radius 1 is 1.10 bits per heavy atom. The Morgan fingerprint density at radius 2 is 1.68 bits per heavy atom. The Labute approximate surface area is 184 Å². The average molecular weight is 421 g/mol. The van der Waals surface area contributed by atoms with Gasteiger partial charge in [0, 0.05) is 17.5 Å². The Bertz CT molecular complexity index is 1020. The van der Waals surface area contributed by atoms with Gasteiger partial charge in [-0.3, -0.25) is 4.79 Å². The molecule has 0 aliphatic rings. The molecule has 0 radical (unpaired) electrons. The van der Waals surface area contributed by atoms with E-state index in [9.17, 15) is 9.90 Å². The van der Waals surface area contributed by atoms with Crippen LogP contribution in [0.1, 0.15) is 46.1 Å². The molecule has 3 rings (SSSR count). The highest BCUT2D eigenvalue weighted by Gasteiger charge is 2.30. The molecule has 6 nitrogen and oxygen atoms in total. The summed E-state index contributed by atoms with van der Waals surface area (Å²) in [6, 6.07) is 15.8. The average Bonchev–Trinajstić information content (AvgIpc) is 3.20. The number of aliphatic hydroxyl groups excluding tert-OH is 1. The van der Waals surface area contributed by atoms with Crippen LogP contribution in [0.3, 0.4) is 0 Å². The number of nitrogens with zero attached hydrogens (tertiary/aromatic N) is 3. The van der Waals surface area contributed by atoms with E-state index in [1.807, 2.05) is 48.5 Å². The van der Waals surface area contributed by atoms with E-state index in [1.54, 1.807) is 11.7 Å². The lowest BCUT2D eigenvalue weighted by Crippen LogP contribution is -2.35. The number of carbonyl (C=O) groups is 1. The van der Waals surface area contributed by atoms with E-state index in [-0.39, 0.29) is 11.8 Å². The molecule has 2 aromatic carbocycles. The van der Waals surface area contributed by atoms with Crippen molar-refractivity contribution in [2.45, 2.75) is 52.1 Å². The van der Waals surface area contributed by atoms with Crippen LogP contribution < -0.4 is 5.32 Å². The summed E-state index contributed by atoms with van der Waals surface area (Å²) >= 11 is 0. The second-order valence-electron chi connectivity index (χ2n) is 8.94. The molecule has 2 N–H and O–H groups in total. The van der Waals surface area contributed by atoms with Gasteiger partial charge in [0.25, 0.3) is 0 Å². The van der Waals surface area contributed by atoms with Crippen LogP contribution in [0.5, 0.6) is 0 Å². The highest BCUT2D eigenvalue weighted by Crippen LogP contribution is 2.31. The zero-order valence-corrected chi connectivity index (χ0v) is 18.8. The van der Waals surface area contributed by atoms with Gasteiger partial charge in [0.05, 0.1) is 11.8 Å². The topological polar surface area (TPSA) is 80.0 Å². The van der Waals surface area contributed by atoms with E-state index in [1.165, 1.54) is 0 Å². The zero-order valence-electron chi connectivity index (χ0n) is 18.8. The quantitative estimate of drug-likeness (QED) is 0.509. The first-order valence-electron chi connectivity index (χ1n) is 10.7. The minimum absolute atomic E-state index is 0.118. The predicted molar refractivity (Wildman–Crippen MR) is 124 cm³/mol. The number of fused-ring (bicyclic) bond motifs is 1. The van der Waals surface area contributed by atoms with Gasteiger partial charge < -0.3 is 10.4 Å². The fourth-order valence-electron chi connectivity index (χ4n) is 3.52. The molecule has 0 bridgehead atoms. The molecule has 2 unspecified atom stereocenters. The van der Waals surface area contributed by atoms with Crippen molar-refractivity contribution in [2.75, 3.05) is 6.54 Å². The fraction of sp³-hybridized carbons (Fsp3) is 0.400. The van der Waals surface area contributed by atoms with Gasteiger partial charge in [-0.05, 0) is 55.5 Å². The summed E-state index contributed by atoms with van der Waals surface area (Å²) in [7, 11) is 0. The van der Waals surface area contributed by atoms with Crippen molar-refractivity contribution in [3.05, 3.63) is 66.2 Å². The van der Waals surface area contributed by atoms with Gasteiger partial charge in [-0.15, -0.1) is 10.2 Å². The maximum Gasteiger partial charge on any atom is 0.246 e. The van der Waals surface area contributed by atoms with Gasteiger partial charge in [0.15, 0.2) is 0 Å². The molecule has 0 spiro atoms. The maximum absolute atomic E-state index is 11.6. The molecule has 1 amide bonds. The first-order valence-corrected chi connectivity index (χ1v) is 10.7. The summed E-state index contributed by atoms with van der Waals surface area (Å²) in [5.41, 5.74) is 3.76. The molecule has 0 fully saturated rings. The number of aliphatic hydroxyl groups is 1. The van der Waals surface area contributed by atoms with Crippen molar-refractivity contribution in [1.29, 1.82) is 0 Å². The van der Waals surface area contributed by atoms with Crippen molar-refractivity contribution in [3.8, 4) is 5.69 Å². The predicted octanol–water partition coefficient (Wildman–Crippen LogP) is 4.17. The number of aromatic nitrogens is 3. The number of carbonyl (C=O) groups excluding carboxylic acids is 1. The summed E-state index contributed by atoms with van der Waals surface area (Å²) < 4.78 is 0. The van der Waals surface area contributed by atoms with Gasteiger partial charge in [0.2, 0.25) is 5.91 Å². The summed E-state index contributed by atoms with van der Waals surface area (Å²) in [4.78, 5) is 13.3. The number of rotatable bonds is 9. The Balaban J connectivity index is 1.61. The molecular weight excluding hydrogens is 388 g/mol. The van der Waals surface area contributed by atoms with Gasteiger partial charge in [-0.25, -0.2) is 0 Å². The molecule has 0 saturated heterocycles. The van der Waals surface area contributed by atoms with Crippen molar-refractivity contribution in [3.63, 3.8) is 0 Å². The van der Waals surface area contributed by atoms with Gasteiger partial charge >= 0.3 is 0 Å². The minimum atomic E-state index is -0.497. The molecule has 3 aromatic rings.